The molecule has 0 aliphatic rings. The second-order valence-corrected chi connectivity index (χ2v) is 6.18. The lowest BCUT2D eigenvalue weighted by atomic mass is 9.98. The van der Waals surface area contributed by atoms with Crippen LogP contribution in [0.4, 0.5) is 0 Å². The first-order valence-corrected chi connectivity index (χ1v) is 7.33. The molecule has 1 nitrogen and oxygen atoms in total. The molecule has 0 heterocycles. The molecule has 1 unspecified atom stereocenters. The Bertz CT molecular complexity index is 535. The first-order valence-electron chi connectivity index (χ1n) is 5.75. The summed E-state index contributed by atoms with van der Waals surface area (Å²) in [7, 11) is 0. The van der Waals surface area contributed by atoms with Gasteiger partial charge in [0.15, 0.2) is 0 Å². The van der Waals surface area contributed by atoms with Gasteiger partial charge in [0.2, 0.25) is 0 Å². The number of aliphatic hydroxyl groups is 1. The smallest absolute Gasteiger partial charge is 0.0833 e. The molecule has 0 aromatic heterocycles. The molecule has 1 N–H and O–H groups in total. The molecule has 0 fully saturated rings. The van der Waals surface area contributed by atoms with Crippen LogP contribution in [0.2, 0.25) is 0 Å². The summed E-state index contributed by atoms with van der Waals surface area (Å²) >= 11 is 6.85. The summed E-state index contributed by atoms with van der Waals surface area (Å²) in [5, 5.41) is 10.3. The highest BCUT2D eigenvalue weighted by atomic mass is 79.9. The quantitative estimate of drug-likeness (QED) is 0.824. The van der Waals surface area contributed by atoms with Crippen molar-refractivity contribution in [1.29, 1.82) is 0 Å². The van der Waals surface area contributed by atoms with Crippen molar-refractivity contribution in [1.82, 2.24) is 0 Å². The number of halogens is 2. The van der Waals surface area contributed by atoms with Gasteiger partial charge in [-0.2, -0.15) is 0 Å². The van der Waals surface area contributed by atoms with E-state index in [1.807, 2.05) is 49.4 Å². The van der Waals surface area contributed by atoms with E-state index in [0.29, 0.717) is 6.42 Å². The van der Waals surface area contributed by atoms with Crippen LogP contribution in [0.25, 0.3) is 0 Å². The maximum atomic E-state index is 10.3. The summed E-state index contributed by atoms with van der Waals surface area (Å²) in [6, 6.07) is 14.0. The molecule has 2 aromatic carbocycles. The van der Waals surface area contributed by atoms with E-state index in [0.717, 1.165) is 25.6 Å². The van der Waals surface area contributed by atoms with Gasteiger partial charge in [0.1, 0.15) is 0 Å². The molecule has 3 heteroatoms. The molecule has 2 aromatic rings. The molecular formula is C15H14Br2O. The fourth-order valence-corrected chi connectivity index (χ4v) is 2.57. The number of rotatable bonds is 3. The van der Waals surface area contributed by atoms with E-state index in [1.54, 1.807) is 0 Å². The minimum absolute atomic E-state index is 0.469. The van der Waals surface area contributed by atoms with Gasteiger partial charge in [0.25, 0.3) is 0 Å². The first-order chi connectivity index (χ1) is 8.56. The van der Waals surface area contributed by atoms with Crippen molar-refractivity contribution in [3.05, 3.63) is 68.1 Å². The number of aliphatic hydroxyl groups excluding tert-OH is 1. The average molecular weight is 370 g/mol. The van der Waals surface area contributed by atoms with Crippen molar-refractivity contribution in [2.24, 2.45) is 0 Å². The topological polar surface area (TPSA) is 20.2 Å². The van der Waals surface area contributed by atoms with Gasteiger partial charge in [-0.15, -0.1) is 0 Å². The number of aryl methyl sites for hydroxylation is 1. The van der Waals surface area contributed by atoms with Crippen molar-refractivity contribution in [2.75, 3.05) is 0 Å². The lowest BCUT2D eigenvalue weighted by Gasteiger charge is -2.14. The van der Waals surface area contributed by atoms with Crippen molar-refractivity contribution >= 4 is 31.9 Å². The Morgan fingerprint density at radius 3 is 2.28 bits per heavy atom. The second-order valence-electron chi connectivity index (χ2n) is 4.35. The summed E-state index contributed by atoms with van der Waals surface area (Å²) in [5.74, 6) is 0. The van der Waals surface area contributed by atoms with Gasteiger partial charge in [-0.25, -0.2) is 0 Å². The van der Waals surface area contributed by atoms with Gasteiger partial charge in [0.05, 0.1) is 6.10 Å². The number of benzene rings is 2. The minimum Gasteiger partial charge on any atom is -0.388 e. The minimum atomic E-state index is -0.469. The Labute approximate surface area is 124 Å². The van der Waals surface area contributed by atoms with Gasteiger partial charge in [-0.3, -0.25) is 0 Å². The molecule has 0 aliphatic carbocycles. The van der Waals surface area contributed by atoms with Crippen LogP contribution >= 0.6 is 31.9 Å². The highest BCUT2D eigenvalue weighted by Crippen LogP contribution is 2.25. The van der Waals surface area contributed by atoms with E-state index in [-0.39, 0.29) is 0 Å². The molecule has 0 radical (unpaired) electrons. The molecule has 18 heavy (non-hydrogen) atoms. The van der Waals surface area contributed by atoms with E-state index >= 15 is 0 Å². The summed E-state index contributed by atoms with van der Waals surface area (Å²) in [6.07, 6.45) is 0.161. The summed E-state index contributed by atoms with van der Waals surface area (Å²) in [6.45, 7) is 2.02. The molecular weight excluding hydrogens is 356 g/mol. The molecule has 2 rings (SSSR count). The molecule has 0 spiro atoms. The summed E-state index contributed by atoms with van der Waals surface area (Å²) in [4.78, 5) is 0. The second kappa shape index (κ2) is 6.00. The third-order valence-corrected chi connectivity index (χ3v) is 3.96. The zero-order chi connectivity index (χ0) is 13.1. The maximum absolute atomic E-state index is 10.3. The van der Waals surface area contributed by atoms with Crippen LogP contribution in [0.3, 0.4) is 0 Å². The summed E-state index contributed by atoms with van der Waals surface area (Å²) in [5.41, 5.74) is 3.22. The van der Waals surface area contributed by atoms with Crippen LogP contribution in [0.1, 0.15) is 22.8 Å². The maximum Gasteiger partial charge on any atom is 0.0833 e. The van der Waals surface area contributed by atoms with Crippen molar-refractivity contribution in [3.8, 4) is 0 Å². The van der Waals surface area contributed by atoms with E-state index in [4.69, 9.17) is 0 Å². The molecule has 0 saturated carbocycles. The third-order valence-electron chi connectivity index (χ3n) is 2.94. The van der Waals surface area contributed by atoms with E-state index in [2.05, 4.69) is 31.9 Å². The molecule has 1 atom stereocenters. The lowest BCUT2D eigenvalue weighted by molar-refractivity contribution is 0.177. The largest absolute Gasteiger partial charge is 0.388 e. The average Bonchev–Trinajstić information content (AvgIpc) is 2.35. The normalized spacial score (nSPS) is 12.4. The highest BCUT2D eigenvalue weighted by Gasteiger charge is 2.11. The van der Waals surface area contributed by atoms with Crippen molar-refractivity contribution in [2.45, 2.75) is 19.4 Å². The zero-order valence-electron chi connectivity index (χ0n) is 10.0. The standard InChI is InChI=1S/C15H14Br2O/c1-10-2-5-13(17)9-14(10)15(18)8-11-3-6-12(16)7-4-11/h2-7,9,15,18H,8H2,1H3. The van der Waals surface area contributed by atoms with E-state index in [1.165, 1.54) is 0 Å². The lowest BCUT2D eigenvalue weighted by Crippen LogP contribution is -2.03. The van der Waals surface area contributed by atoms with Gasteiger partial charge < -0.3 is 5.11 Å². The SMILES string of the molecule is Cc1ccc(Br)cc1C(O)Cc1ccc(Br)cc1. The molecule has 94 valence electrons. The van der Waals surface area contributed by atoms with Crippen LogP contribution in [-0.4, -0.2) is 5.11 Å². The first kappa shape index (κ1) is 13.8. The molecule has 0 amide bonds. The Morgan fingerprint density at radius 1 is 1.00 bits per heavy atom. The van der Waals surface area contributed by atoms with Crippen LogP contribution in [0.15, 0.2) is 51.4 Å². The fourth-order valence-electron chi connectivity index (χ4n) is 1.92. The highest BCUT2D eigenvalue weighted by molar-refractivity contribution is 9.10. The molecule has 0 aliphatic heterocycles. The number of hydrogen-bond donors (Lipinski definition) is 1. The van der Waals surface area contributed by atoms with Crippen LogP contribution < -0.4 is 0 Å². The Hall–Kier alpha value is -0.640. The fraction of sp³-hybridized carbons (Fsp3) is 0.200. The van der Waals surface area contributed by atoms with Crippen molar-refractivity contribution < 1.29 is 5.11 Å². The zero-order valence-corrected chi connectivity index (χ0v) is 13.2. The van der Waals surface area contributed by atoms with Crippen LogP contribution in [0.5, 0.6) is 0 Å². The van der Waals surface area contributed by atoms with Crippen molar-refractivity contribution in [3.63, 3.8) is 0 Å². The van der Waals surface area contributed by atoms with Crippen LogP contribution in [0, 0.1) is 6.92 Å². The number of hydrogen-bond acceptors (Lipinski definition) is 1. The third kappa shape index (κ3) is 3.44. The predicted octanol–water partition coefficient (Wildman–Crippen LogP) is 4.80. The van der Waals surface area contributed by atoms with Gasteiger partial charge in [0, 0.05) is 15.4 Å². The Kier molecular flexibility index (Phi) is 4.60. The van der Waals surface area contributed by atoms with E-state index < -0.39 is 6.10 Å². The molecule has 0 bridgehead atoms. The van der Waals surface area contributed by atoms with Gasteiger partial charge >= 0.3 is 0 Å². The monoisotopic (exact) mass is 368 g/mol. The predicted molar refractivity (Wildman–Crippen MR) is 81.7 cm³/mol. The van der Waals surface area contributed by atoms with E-state index in [9.17, 15) is 5.11 Å². The Morgan fingerprint density at radius 2 is 1.61 bits per heavy atom. The summed E-state index contributed by atoms with van der Waals surface area (Å²) < 4.78 is 2.05. The van der Waals surface area contributed by atoms with Crippen LogP contribution in [-0.2, 0) is 6.42 Å². The van der Waals surface area contributed by atoms with Gasteiger partial charge in [-0.05, 0) is 47.9 Å². The van der Waals surface area contributed by atoms with Gasteiger partial charge in [-0.1, -0.05) is 50.1 Å². The molecule has 0 saturated heterocycles. The Balaban J connectivity index is 2.18.